The summed E-state index contributed by atoms with van der Waals surface area (Å²) >= 11 is 1.64. The Morgan fingerprint density at radius 2 is 2.03 bits per heavy atom. The van der Waals surface area contributed by atoms with Gasteiger partial charge in [0.2, 0.25) is 0 Å². The number of amides is 2. The van der Waals surface area contributed by atoms with Gasteiger partial charge in [-0.25, -0.2) is 13.9 Å². The third-order valence-electron chi connectivity index (χ3n) is 4.88. The summed E-state index contributed by atoms with van der Waals surface area (Å²) in [5.41, 5.74) is 3.61. The summed E-state index contributed by atoms with van der Waals surface area (Å²) in [6.45, 7) is 1.10. The third kappa shape index (κ3) is 4.49. The molecule has 0 spiro atoms. The van der Waals surface area contributed by atoms with Gasteiger partial charge in [0, 0.05) is 18.0 Å². The van der Waals surface area contributed by atoms with E-state index in [9.17, 15) is 9.18 Å². The van der Waals surface area contributed by atoms with E-state index < -0.39 is 0 Å². The van der Waals surface area contributed by atoms with Crippen LogP contribution in [-0.2, 0) is 13.0 Å². The topological polar surface area (TPSA) is 53.4 Å². The van der Waals surface area contributed by atoms with Crippen LogP contribution in [0.15, 0.2) is 59.6 Å². The molecule has 0 bridgehead atoms. The number of benzene rings is 2. The summed E-state index contributed by atoms with van der Waals surface area (Å²) in [5, 5.41) is 7.48. The fourth-order valence-corrected chi connectivity index (χ4v) is 4.33. The minimum atomic E-state index is -0.283. The lowest BCUT2D eigenvalue weighted by atomic mass is 10.1. The second kappa shape index (κ2) is 8.89. The van der Waals surface area contributed by atoms with Crippen molar-refractivity contribution in [1.82, 2.24) is 19.4 Å². The van der Waals surface area contributed by atoms with Crippen LogP contribution in [0, 0.1) is 5.82 Å². The molecule has 0 saturated carbocycles. The fraction of sp³-hybridized carbons (Fsp3) is 0.273. The third-order valence-corrected chi connectivity index (χ3v) is 5.71. The van der Waals surface area contributed by atoms with Gasteiger partial charge < -0.3 is 5.32 Å². The van der Waals surface area contributed by atoms with E-state index in [1.165, 1.54) is 12.1 Å². The number of anilines is 1. The Bertz CT molecular complexity index is 1030. The quantitative estimate of drug-likeness (QED) is 0.621. The maximum Gasteiger partial charge on any atom is 0.322 e. The van der Waals surface area contributed by atoms with E-state index >= 15 is 0 Å². The van der Waals surface area contributed by atoms with Gasteiger partial charge in [-0.05, 0) is 80.8 Å². The average molecular weight is 426 g/mol. The summed E-state index contributed by atoms with van der Waals surface area (Å²) < 4.78 is 17.1. The number of urea groups is 1. The number of fused-ring (bicyclic) bond motifs is 1. The number of carbonyl (C=O) groups excluding carboxylic acids is 1. The molecule has 1 aliphatic rings. The molecule has 0 radical (unpaired) electrons. The van der Waals surface area contributed by atoms with Gasteiger partial charge in [0.05, 0.1) is 23.3 Å². The van der Waals surface area contributed by atoms with E-state index in [-0.39, 0.29) is 11.8 Å². The highest BCUT2D eigenvalue weighted by Crippen LogP contribution is 2.29. The van der Waals surface area contributed by atoms with E-state index in [2.05, 4.69) is 22.5 Å². The van der Waals surface area contributed by atoms with Crippen molar-refractivity contribution in [2.45, 2.75) is 24.3 Å². The van der Waals surface area contributed by atoms with Crippen LogP contribution in [0.25, 0.3) is 5.69 Å². The van der Waals surface area contributed by atoms with Gasteiger partial charge >= 0.3 is 6.03 Å². The highest BCUT2D eigenvalue weighted by atomic mass is 32.2. The number of halogens is 1. The van der Waals surface area contributed by atoms with E-state index in [4.69, 9.17) is 0 Å². The molecule has 0 fully saturated rings. The predicted octanol–water partition coefficient (Wildman–Crippen LogP) is 4.24. The lowest BCUT2D eigenvalue weighted by Gasteiger charge is -2.27. The van der Waals surface area contributed by atoms with E-state index in [1.54, 1.807) is 39.9 Å². The maximum absolute atomic E-state index is 13.3. The summed E-state index contributed by atoms with van der Waals surface area (Å²) in [4.78, 5) is 15.8. The monoisotopic (exact) mass is 425 g/mol. The molecule has 1 aromatic heterocycles. The highest BCUT2D eigenvalue weighted by molar-refractivity contribution is 7.97. The fourth-order valence-electron chi connectivity index (χ4n) is 3.56. The van der Waals surface area contributed by atoms with Gasteiger partial charge in [0.25, 0.3) is 0 Å². The van der Waals surface area contributed by atoms with E-state index in [0.717, 1.165) is 40.4 Å². The predicted molar refractivity (Wildman–Crippen MR) is 117 cm³/mol. The van der Waals surface area contributed by atoms with Gasteiger partial charge in [0.15, 0.2) is 0 Å². The molecular formula is C22H24FN5OS. The first-order chi connectivity index (χ1) is 14.5. The second-order valence-corrected chi connectivity index (χ2v) is 8.71. The van der Waals surface area contributed by atoms with Crippen LogP contribution in [0.3, 0.4) is 0 Å². The molecular weight excluding hydrogens is 401 g/mol. The average Bonchev–Trinajstić information content (AvgIpc) is 3.16. The Morgan fingerprint density at radius 3 is 2.80 bits per heavy atom. The van der Waals surface area contributed by atoms with Crippen molar-refractivity contribution in [1.29, 1.82) is 0 Å². The summed E-state index contributed by atoms with van der Waals surface area (Å²) in [5.74, 6) is -0.283. The largest absolute Gasteiger partial charge is 0.334 e. The Hall–Kier alpha value is -2.84. The molecule has 1 aliphatic heterocycles. The van der Waals surface area contributed by atoms with Crippen molar-refractivity contribution in [3.63, 3.8) is 0 Å². The van der Waals surface area contributed by atoms with Crippen LogP contribution in [0.2, 0.25) is 0 Å². The Labute approximate surface area is 179 Å². The van der Waals surface area contributed by atoms with Crippen LogP contribution in [-0.4, -0.2) is 40.8 Å². The van der Waals surface area contributed by atoms with Crippen molar-refractivity contribution >= 4 is 23.7 Å². The number of aromatic nitrogens is 2. The molecule has 0 unspecified atom stereocenters. The lowest BCUT2D eigenvalue weighted by Crippen LogP contribution is -2.42. The molecule has 1 N–H and O–H groups in total. The van der Waals surface area contributed by atoms with Crippen LogP contribution in [0.5, 0.6) is 0 Å². The summed E-state index contributed by atoms with van der Waals surface area (Å²) in [6, 6.07) is 14.2. The lowest BCUT2D eigenvalue weighted by molar-refractivity contribution is 0.245. The van der Waals surface area contributed by atoms with Crippen molar-refractivity contribution in [2.24, 2.45) is 0 Å². The first kappa shape index (κ1) is 20.4. The normalized spacial score (nSPS) is 13.4. The second-order valence-electron chi connectivity index (χ2n) is 7.33. The van der Waals surface area contributed by atoms with Crippen molar-refractivity contribution in [3.8, 4) is 5.69 Å². The van der Waals surface area contributed by atoms with Crippen molar-refractivity contribution in [3.05, 3.63) is 71.8 Å². The molecule has 2 heterocycles. The molecule has 6 nitrogen and oxygen atoms in total. The number of hydrogen-bond donors (Lipinski definition) is 1. The first-order valence-corrected chi connectivity index (χ1v) is 10.6. The minimum absolute atomic E-state index is 0.139. The summed E-state index contributed by atoms with van der Waals surface area (Å²) in [6.07, 6.45) is 3.38. The van der Waals surface area contributed by atoms with E-state index in [1.807, 2.05) is 30.5 Å². The zero-order chi connectivity index (χ0) is 21.1. The van der Waals surface area contributed by atoms with Gasteiger partial charge in [0.1, 0.15) is 5.82 Å². The maximum atomic E-state index is 13.3. The Morgan fingerprint density at radius 1 is 1.23 bits per heavy atom. The van der Waals surface area contributed by atoms with Gasteiger partial charge in [-0.3, -0.25) is 9.21 Å². The Kier molecular flexibility index (Phi) is 6.06. The van der Waals surface area contributed by atoms with Crippen LogP contribution < -0.4 is 10.2 Å². The van der Waals surface area contributed by atoms with Crippen LogP contribution in [0.4, 0.5) is 14.9 Å². The molecule has 2 aromatic carbocycles. The molecule has 4 rings (SSSR count). The van der Waals surface area contributed by atoms with Gasteiger partial charge in [-0.2, -0.15) is 5.10 Å². The molecule has 0 saturated heterocycles. The molecule has 8 heteroatoms. The smallest absolute Gasteiger partial charge is 0.322 e. The SMILES string of the molecule is CN(C)Sc1cccc(CNC(=O)N2CCCc3c2cnn3-c2ccc(F)cc2)c1. The highest BCUT2D eigenvalue weighted by Gasteiger charge is 2.26. The van der Waals surface area contributed by atoms with Crippen molar-refractivity contribution in [2.75, 3.05) is 25.5 Å². The molecule has 3 aromatic rings. The summed E-state index contributed by atoms with van der Waals surface area (Å²) in [7, 11) is 4.00. The zero-order valence-electron chi connectivity index (χ0n) is 17.0. The van der Waals surface area contributed by atoms with Crippen LogP contribution >= 0.6 is 11.9 Å². The molecule has 0 atom stereocenters. The molecule has 30 heavy (non-hydrogen) atoms. The minimum Gasteiger partial charge on any atom is -0.334 e. The van der Waals surface area contributed by atoms with Crippen molar-refractivity contribution < 1.29 is 9.18 Å². The van der Waals surface area contributed by atoms with Gasteiger partial charge in [-0.1, -0.05) is 12.1 Å². The number of nitrogens with one attached hydrogen (secondary N) is 1. The molecule has 0 aliphatic carbocycles. The first-order valence-electron chi connectivity index (χ1n) is 9.84. The number of carbonyl (C=O) groups is 1. The number of hydrogen-bond acceptors (Lipinski definition) is 4. The van der Waals surface area contributed by atoms with Crippen LogP contribution in [0.1, 0.15) is 17.7 Å². The zero-order valence-corrected chi connectivity index (χ0v) is 17.8. The van der Waals surface area contributed by atoms with Gasteiger partial charge in [-0.15, -0.1) is 0 Å². The standard InChI is InChI=1S/C22H24FN5OS/c1-26(2)30-19-6-3-5-16(13-19)14-24-22(29)27-12-4-7-20-21(27)15-25-28(20)18-10-8-17(23)9-11-18/h3,5-6,8-11,13,15H,4,7,12,14H2,1-2H3,(H,24,29). The Balaban J connectivity index is 1.47. The number of rotatable bonds is 5. The van der Waals surface area contributed by atoms with E-state index in [0.29, 0.717) is 13.1 Å². The number of nitrogens with zero attached hydrogens (tertiary/aromatic N) is 4. The molecule has 2 amide bonds. The molecule has 156 valence electrons.